The molecule has 0 aromatic rings. The van der Waals surface area contributed by atoms with Gasteiger partial charge in [-0.15, -0.1) is 0 Å². The van der Waals surface area contributed by atoms with Gasteiger partial charge in [0.05, 0.1) is 0 Å². The van der Waals surface area contributed by atoms with Crippen LogP contribution >= 0.6 is 12.2 Å². The molecule has 0 radical (unpaired) electrons. The Morgan fingerprint density at radius 3 is 2.00 bits per heavy atom. The quantitative estimate of drug-likeness (QED) is 0.344. The Kier molecular flexibility index (Phi) is 11.9. The fourth-order valence-electron chi connectivity index (χ4n) is 2.52. The highest BCUT2D eigenvalue weighted by molar-refractivity contribution is 7.80. The van der Waals surface area contributed by atoms with E-state index in [0.29, 0.717) is 5.92 Å². The van der Waals surface area contributed by atoms with E-state index in [1.807, 2.05) is 0 Å². The zero-order chi connectivity index (χ0) is 13.8. The molecule has 18 heavy (non-hydrogen) atoms. The van der Waals surface area contributed by atoms with Gasteiger partial charge in [0.25, 0.3) is 0 Å². The van der Waals surface area contributed by atoms with Crippen LogP contribution in [0.25, 0.3) is 0 Å². The van der Waals surface area contributed by atoms with Gasteiger partial charge in [-0.05, 0) is 31.0 Å². The first-order chi connectivity index (χ1) is 8.63. The Balaban J connectivity index is 3.79. The Morgan fingerprint density at radius 2 is 1.44 bits per heavy atom. The molecule has 1 N–H and O–H groups in total. The summed E-state index contributed by atoms with van der Waals surface area (Å²) in [4.78, 5) is 0. The number of unbranched alkanes of at least 4 members (excludes halogenated alkanes) is 6. The van der Waals surface area contributed by atoms with E-state index in [1.54, 1.807) is 0 Å². The minimum absolute atomic E-state index is 0.243. The van der Waals surface area contributed by atoms with Crippen LogP contribution in [0.1, 0.15) is 85.0 Å². The Morgan fingerprint density at radius 1 is 0.889 bits per heavy atom. The molecular formula is C16H32OS. The summed E-state index contributed by atoms with van der Waals surface area (Å²) in [5, 5.41) is 9.90. The van der Waals surface area contributed by atoms with Crippen LogP contribution in [0.5, 0.6) is 0 Å². The van der Waals surface area contributed by atoms with Gasteiger partial charge < -0.3 is 5.11 Å². The zero-order valence-electron chi connectivity index (χ0n) is 12.6. The average Bonchev–Trinajstić information content (AvgIpc) is 2.34. The maximum Gasteiger partial charge on any atom is 0.159 e. The highest BCUT2D eigenvalue weighted by atomic mass is 32.1. The van der Waals surface area contributed by atoms with Crippen molar-refractivity contribution in [2.75, 3.05) is 0 Å². The monoisotopic (exact) mass is 272 g/mol. The highest BCUT2D eigenvalue weighted by Gasteiger charge is 2.20. The van der Waals surface area contributed by atoms with E-state index in [2.05, 4.69) is 20.8 Å². The van der Waals surface area contributed by atoms with Crippen LogP contribution in [0.4, 0.5) is 0 Å². The van der Waals surface area contributed by atoms with Gasteiger partial charge in [0.2, 0.25) is 0 Å². The number of hydrogen-bond acceptors (Lipinski definition) is 1. The summed E-state index contributed by atoms with van der Waals surface area (Å²) >= 11 is 5.02. The van der Waals surface area contributed by atoms with E-state index in [0.717, 1.165) is 6.42 Å². The lowest BCUT2D eigenvalue weighted by Gasteiger charge is -2.21. The summed E-state index contributed by atoms with van der Waals surface area (Å²) in [6.45, 7) is 6.70. The Hall–Kier alpha value is -0.110. The smallest absolute Gasteiger partial charge is 0.159 e. The van der Waals surface area contributed by atoms with Crippen LogP contribution in [0.3, 0.4) is 0 Å². The van der Waals surface area contributed by atoms with E-state index in [4.69, 9.17) is 12.2 Å². The minimum atomic E-state index is 0.243. The molecule has 2 unspecified atom stereocenters. The predicted octanol–water partition coefficient (Wildman–Crippen LogP) is 6.06. The molecule has 1 nitrogen and oxygen atoms in total. The maximum absolute atomic E-state index is 9.65. The summed E-state index contributed by atoms with van der Waals surface area (Å²) < 4.78 is 0. The third-order valence-electron chi connectivity index (χ3n) is 3.89. The molecule has 0 aliphatic rings. The minimum Gasteiger partial charge on any atom is -0.502 e. The van der Waals surface area contributed by atoms with Crippen molar-refractivity contribution >= 4 is 17.3 Å². The molecule has 2 heteroatoms. The molecule has 0 aromatic carbocycles. The molecule has 0 amide bonds. The summed E-state index contributed by atoms with van der Waals surface area (Å²) in [6.07, 6.45) is 12.6. The van der Waals surface area contributed by atoms with Crippen LogP contribution in [-0.4, -0.2) is 10.2 Å². The van der Waals surface area contributed by atoms with Gasteiger partial charge in [0.1, 0.15) is 0 Å². The number of aliphatic hydroxyl groups is 1. The van der Waals surface area contributed by atoms with E-state index in [9.17, 15) is 5.11 Å². The van der Waals surface area contributed by atoms with E-state index in [-0.39, 0.29) is 11.0 Å². The largest absolute Gasteiger partial charge is 0.502 e. The molecule has 0 aromatic heterocycles. The van der Waals surface area contributed by atoms with Crippen molar-refractivity contribution in [2.45, 2.75) is 85.0 Å². The normalized spacial score (nSPS) is 14.4. The molecule has 0 saturated heterocycles. The van der Waals surface area contributed by atoms with Crippen LogP contribution in [0, 0.1) is 11.8 Å². The predicted molar refractivity (Wildman–Crippen MR) is 85.4 cm³/mol. The summed E-state index contributed by atoms with van der Waals surface area (Å²) in [6, 6.07) is 0. The fraction of sp³-hybridized carbons (Fsp3) is 0.938. The lowest BCUT2D eigenvalue weighted by atomic mass is 9.86. The third-order valence-corrected chi connectivity index (χ3v) is 4.19. The SMILES string of the molecule is CCCCCCCCC(C(O)=S)C(C)CCCC. The first kappa shape index (κ1) is 17.9. The van der Waals surface area contributed by atoms with Crippen LogP contribution in [0.2, 0.25) is 0 Å². The van der Waals surface area contributed by atoms with Gasteiger partial charge >= 0.3 is 0 Å². The van der Waals surface area contributed by atoms with Gasteiger partial charge in [-0.2, -0.15) is 0 Å². The van der Waals surface area contributed by atoms with Crippen molar-refractivity contribution in [3.05, 3.63) is 0 Å². The fourth-order valence-corrected chi connectivity index (χ4v) is 2.87. The van der Waals surface area contributed by atoms with Crippen molar-refractivity contribution in [3.8, 4) is 0 Å². The van der Waals surface area contributed by atoms with Crippen molar-refractivity contribution in [2.24, 2.45) is 11.8 Å². The molecule has 0 fully saturated rings. The lowest BCUT2D eigenvalue weighted by Crippen LogP contribution is -2.20. The highest BCUT2D eigenvalue weighted by Crippen LogP contribution is 2.25. The summed E-state index contributed by atoms with van der Waals surface area (Å²) in [5.74, 6) is 0.788. The second-order valence-electron chi connectivity index (χ2n) is 5.62. The molecule has 0 rings (SSSR count). The molecule has 0 spiro atoms. The second kappa shape index (κ2) is 12.0. The molecule has 0 aliphatic heterocycles. The van der Waals surface area contributed by atoms with E-state index >= 15 is 0 Å². The molecule has 0 saturated carbocycles. The van der Waals surface area contributed by atoms with Gasteiger partial charge in [0, 0.05) is 5.92 Å². The molecule has 2 atom stereocenters. The van der Waals surface area contributed by atoms with E-state index in [1.165, 1.54) is 57.8 Å². The van der Waals surface area contributed by atoms with Crippen molar-refractivity contribution in [3.63, 3.8) is 0 Å². The van der Waals surface area contributed by atoms with Crippen molar-refractivity contribution < 1.29 is 5.11 Å². The molecule has 0 bridgehead atoms. The summed E-state index contributed by atoms with van der Waals surface area (Å²) in [7, 11) is 0. The molecule has 0 aliphatic carbocycles. The second-order valence-corrected chi connectivity index (χ2v) is 6.04. The zero-order valence-corrected chi connectivity index (χ0v) is 13.4. The first-order valence-electron chi connectivity index (χ1n) is 7.86. The van der Waals surface area contributed by atoms with Gasteiger partial charge in [-0.3, -0.25) is 0 Å². The van der Waals surface area contributed by atoms with Crippen molar-refractivity contribution in [1.29, 1.82) is 0 Å². The molecular weight excluding hydrogens is 240 g/mol. The topological polar surface area (TPSA) is 20.2 Å². The lowest BCUT2D eigenvalue weighted by molar-refractivity contribution is 0.342. The van der Waals surface area contributed by atoms with Crippen LogP contribution < -0.4 is 0 Å². The Labute approximate surface area is 119 Å². The van der Waals surface area contributed by atoms with Crippen LogP contribution in [0.15, 0.2) is 0 Å². The van der Waals surface area contributed by atoms with Gasteiger partial charge in [0.15, 0.2) is 5.05 Å². The van der Waals surface area contributed by atoms with Gasteiger partial charge in [-0.25, -0.2) is 0 Å². The number of hydrogen-bond donors (Lipinski definition) is 1. The maximum atomic E-state index is 9.65. The summed E-state index contributed by atoms with van der Waals surface area (Å²) in [5.41, 5.74) is 0. The molecule has 108 valence electrons. The first-order valence-corrected chi connectivity index (χ1v) is 8.27. The number of aliphatic hydroxyl groups excluding tert-OH is 1. The van der Waals surface area contributed by atoms with Crippen molar-refractivity contribution in [1.82, 2.24) is 0 Å². The number of thiocarbonyl (C=S) groups is 1. The standard InChI is InChI=1S/C16H32OS/c1-4-6-8-9-10-11-13-15(16(17)18)14(3)12-7-5-2/h14-15H,4-13H2,1-3H3,(H,17,18). The Bertz CT molecular complexity index is 203. The number of rotatable bonds is 12. The van der Waals surface area contributed by atoms with Crippen LogP contribution in [-0.2, 0) is 0 Å². The molecule has 0 heterocycles. The van der Waals surface area contributed by atoms with E-state index < -0.39 is 0 Å². The third kappa shape index (κ3) is 8.91. The average molecular weight is 272 g/mol. The van der Waals surface area contributed by atoms with Gasteiger partial charge in [-0.1, -0.05) is 72.1 Å².